The van der Waals surface area contributed by atoms with Crippen molar-refractivity contribution in [2.24, 2.45) is 5.16 Å². The molecule has 0 aliphatic carbocycles. The number of ether oxygens (including phenoxy) is 4. The summed E-state index contributed by atoms with van der Waals surface area (Å²) in [5, 5.41) is 12.4. The van der Waals surface area contributed by atoms with E-state index >= 15 is 0 Å². The second-order valence-corrected chi connectivity index (χ2v) is 7.62. The van der Waals surface area contributed by atoms with Gasteiger partial charge in [-0.05, 0) is 26.0 Å². The maximum Gasteiger partial charge on any atom is 0.338 e. The van der Waals surface area contributed by atoms with Crippen LogP contribution in [-0.2, 0) is 24.7 Å². The molecule has 0 bridgehead atoms. The van der Waals surface area contributed by atoms with Gasteiger partial charge in [0.25, 0.3) is 5.56 Å². The lowest BCUT2D eigenvalue weighted by Gasteiger charge is -2.32. The molecule has 31 heavy (non-hydrogen) atoms. The van der Waals surface area contributed by atoms with Crippen LogP contribution in [0.5, 0.6) is 0 Å². The van der Waals surface area contributed by atoms with Crippen LogP contribution in [0.15, 0.2) is 57.3 Å². The van der Waals surface area contributed by atoms with Gasteiger partial charge >= 0.3 is 11.7 Å². The summed E-state index contributed by atoms with van der Waals surface area (Å²) >= 11 is 0. The van der Waals surface area contributed by atoms with Crippen molar-refractivity contribution in [2.75, 3.05) is 6.61 Å². The molecule has 4 atom stereocenters. The standard InChI is InChI=1S/C20H21N3O8/c1-19(2)30-15-13(10-28-17(25)12-6-4-3-5-7-12)29-20(11-21-27,16(15)31-19)23-9-8-14(24)22-18(23)26/h3-9,11,13,15-16,27H,10H2,1-2H3,(H,22,24,26)/b21-11-/t13-,15-,16-,20-/m1/s1. The molecule has 0 spiro atoms. The number of oxime groups is 1. The monoisotopic (exact) mass is 431 g/mol. The zero-order chi connectivity index (χ0) is 22.2. The lowest BCUT2D eigenvalue weighted by molar-refractivity contribution is -0.214. The normalized spacial score (nSPS) is 29.2. The number of hydrogen-bond acceptors (Lipinski definition) is 9. The maximum absolute atomic E-state index is 12.5. The minimum atomic E-state index is -1.75. The number of carbonyl (C=O) groups excluding carboxylic acids is 1. The fourth-order valence-electron chi connectivity index (χ4n) is 3.84. The van der Waals surface area contributed by atoms with E-state index in [1.165, 1.54) is 6.20 Å². The SMILES string of the molecule is CC1(C)O[C@H]2[C@@H](O1)[C@](/C=N\O)(n1ccc(=O)[nH]c1=O)O[C@@H]2COC(=O)c1ccccc1. The zero-order valence-electron chi connectivity index (χ0n) is 16.8. The molecule has 2 aliphatic rings. The minimum absolute atomic E-state index is 0.215. The van der Waals surface area contributed by atoms with Gasteiger partial charge in [0.15, 0.2) is 5.79 Å². The van der Waals surface area contributed by atoms with Crippen LogP contribution < -0.4 is 11.2 Å². The Morgan fingerprint density at radius 1 is 1.23 bits per heavy atom. The van der Waals surface area contributed by atoms with Crippen molar-refractivity contribution < 1.29 is 28.9 Å². The number of nitrogens with zero attached hydrogens (tertiary/aromatic N) is 2. The molecule has 164 valence electrons. The van der Waals surface area contributed by atoms with E-state index in [0.29, 0.717) is 5.56 Å². The fraction of sp³-hybridized carbons (Fsp3) is 0.400. The number of nitrogens with one attached hydrogen (secondary N) is 1. The van der Waals surface area contributed by atoms with Gasteiger partial charge in [0.1, 0.15) is 24.9 Å². The third-order valence-corrected chi connectivity index (χ3v) is 5.07. The molecule has 0 amide bonds. The van der Waals surface area contributed by atoms with Crippen molar-refractivity contribution in [3.8, 4) is 0 Å². The van der Waals surface area contributed by atoms with Crippen LogP contribution in [0.3, 0.4) is 0 Å². The largest absolute Gasteiger partial charge is 0.459 e. The van der Waals surface area contributed by atoms with E-state index in [1.807, 2.05) is 0 Å². The van der Waals surface area contributed by atoms with E-state index in [4.69, 9.17) is 18.9 Å². The Hall–Kier alpha value is -3.28. The first-order valence-corrected chi connectivity index (χ1v) is 9.52. The van der Waals surface area contributed by atoms with Gasteiger partial charge in [0.2, 0.25) is 5.72 Å². The number of hydrogen-bond donors (Lipinski definition) is 2. The summed E-state index contributed by atoms with van der Waals surface area (Å²) in [6, 6.07) is 9.54. The molecule has 1 aromatic carbocycles. The summed E-state index contributed by atoms with van der Waals surface area (Å²) in [6.07, 6.45) is -0.393. The number of esters is 1. The van der Waals surface area contributed by atoms with Crippen LogP contribution in [0.25, 0.3) is 0 Å². The van der Waals surface area contributed by atoms with Gasteiger partial charge in [-0.1, -0.05) is 23.4 Å². The first-order valence-electron chi connectivity index (χ1n) is 9.52. The molecule has 11 heteroatoms. The Morgan fingerprint density at radius 2 is 1.97 bits per heavy atom. The molecular weight excluding hydrogens is 410 g/mol. The summed E-state index contributed by atoms with van der Waals surface area (Å²) < 4.78 is 24.4. The first-order chi connectivity index (χ1) is 14.8. The van der Waals surface area contributed by atoms with Gasteiger partial charge in [-0.2, -0.15) is 0 Å². The Bertz CT molecular complexity index is 1110. The fourth-order valence-corrected chi connectivity index (χ4v) is 3.84. The molecule has 4 rings (SSSR count). The van der Waals surface area contributed by atoms with Crippen molar-refractivity contribution in [3.05, 3.63) is 69.0 Å². The maximum atomic E-state index is 12.5. The van der Waals surface area contributed by atoms with Crippen molar-refractivity contribution in [1.29, 1.82) is 0 Å². The van der Waals surface area contributed by atoms with Crippen LogP contribution in [-0.4, -0.2) is 57.6 Å². The van der Waals surface area contributed by atoms with Crippen LogP contribution in [0.2, 0.25) is 0 Å². The van der Waals surface area contributed by atoms with Crippen molar-refractivity contribution >= 4 is 12.2 Å². The predicted molar refractivity (Wildman–Crippen MR) is 105 cm³/mol. The third kappa shape index (κ3) is 3.78. The number of H-pyrrole nitrogens is 1. The quantitative estimate of drug-likeness (QED) is 0.300. The van der Waals surface area contributed by atoms with E-state index in [1.54, 1.807) is 44.2 Å². The molecule has 11 nitrogen and oxygen atoms in total. The molecule has 0 unspecified atom stereocenters. The summed E-state index contributed by atoms with van der Waals surface area (Å²) in [6.45, 7) is 3.14. The molecular formula is C20H21N3O8. The lowest BCUT2D eigenvalue weighted by Crippen LogP contribution is -2.53. The molecule has 2 aromatic rings. The van der Waals surface area contributed by atoms with Crippen molar-refractivity contribution in [3.63, 3.8) is 0 Å². The molecule has 1 aromatic heterocycles. The second kappa shape index (κ2) is 7.76. The van der Waals surface area contributed by atoms with Crippen LogP contribution >= 0.6 is 0 Å². The van der Waals surface area contributed by atoms with Crippen LogP contribution in [0.4, 0.5) is 0 Å². The summed E-state index contributed by atoms with van der Waals surface area (Å²) in [5.41, 5.74) is -2.80. The Kier molecular flexibility index (Phi) is 5.25. The van der Waals surface area contributed by atoms with E-state index in [0.717, 1.165) is 16.8 Å². The smallest absolute Gasteiger partial charge is 0.338 e. The van der Waals surface area contributed by atoms with Gasteiger partial charge in [-0.3, -0.25) is 14.3 Å². The lowest BCUT2D eigenvalue weighted by atomic mass is 10.0. The molecule has 2 saturated heterocycles. The summed E-state index contributed by atoms with van der Waals surface area (Å²) in [7, 11) is 0. The molecule has 2 aliphatic heterocycles. The van der Waals surface area contributed by atoms with E-state index in [2.05, 4.69) is 10.1 Å². The van der Waals surface area contributed by atoms with Gasteiger partial charge in [0.05, 0.1) is 11.8 Å². The van der Waals surface area contributed by atoms with E-state index in [-0.39, 0.29) is 6.61 Å². The van der Waals surface area contributed by atoms with Crippen molar-refractivity contribution in [1.82, 2.24) is 9.55 Å². The topological polar surface area (TPSA) is 141 Å². The Labute approximate surface area is 175 Å². The minimum Gasteiger partial charge on any atom is -0.459 e. The second-order valence-electron chi connectivity index (χ2n) is 7.62. The summed E-state index contributed by atoms with van der Waals surface area (Å²) in [4.78, 5) is 38.5. The van der Waals surface area contributed by atoms with E-state index in [9.17, 15) is 19.6 Å². The number of rotatable bonds is 5. The highest BCUT2D eigenvalue weighted by atomic mass is 16.8. The Balaban J connectivity index is 1.68. The molecule has 0 radical (unpaired) electrons. The average molecular weight is 431 g/mol. The summed E-state index contributed by atoms with van der Waals surface area (Å²) in [5.74, 6) is -1.62. The number of fused-ring (bicyclic) bond motifs is 1. The molecule has 2 fully saturated rings. The van der Waals surface area contributed by atoms with Crippen LogP contribution in [0, 0.1) is 0 Å². The predicted octanol–water partition coefficient (Wildman–Crippen LogP) is 0.425. The molecule has 3 heterocycles. The highest BCUT2D eigenvalue weighted by molar-refractivity contribution is 5.89. The average Bonchev–Trinajstić information content (AvgIpc) is 3.19. The number of carbonyl (C=O) groups is 1. The number of aromatic amines is 1. The Morgan fingerprint density at radius 3 is 2.65 bits per heavy atom. The van der Waals surface area contributed by atoms with Gasteiger partial charge < -0.3 is 24.2 Å². The van der Waals surface area contributed by atoms with Gasteiger partial charge in [-0.15, -0.1) is 0 Å². The molecule has 2 N–H and O–H groups in total. The van der Waals surface area contributed by atoms with Gasteiger partial charge in [0, 0.05) is 12.3 Å². The number of benzene rings is 1. The van der Waals surface area contributed by atoms with Crippen molar-refractivity contribution in [2.45, 2.75) is 43.7 Å². The highest BCUT2D eigenvalue weighted by Crippen LogP contribution is 2.45. The number of aromatic nitrogens is 2. The molecule has 0 saturated carbocycles. The zero-order valence-corrected chi connectivity index (χ0v) is 16.8. The third-order valence-electron chi connectivity index (χ3n) is 5.07. The van der Waals surface area contributed by atoms with E-state index < -0.39 is 47.0 Å². The first kappa shape index (κ1) is 21.0. The van der Waals surface area contributed by atoms with Gasteiger partial charge in [-0.25, -0.2) is 9.59 Å². The highest BCUT2D eigenvalue weighted by Gasteiger charge is 2.64. The van der Waals surface area contributed by atoms with Crippen LogP contribution in [0.1, 0.15) is 24.2 Å².